The van der Waals surface area contributed by atoms with Crippen molar-refractivity contribution in [1.29, 1.82) is 0 Å². The molecule has 0 atom stereocenters. The number of nitrogens with two attached hydrogens (primary N) is 1. The number of nitrogens with one attached hydrogen (secondary N) is 1. The number of aliphatic hydroxyl groups is 1. The lowest BCUT2D eigenvalue weighted by Gasteiger charge is -2.34. The predicted molar refractivity (Wildman–Crippen MR) is 73.6 cm³/mol. The highest BCUT2D eigenvalue weighted by molar-refractivity contribution is 5.99. The second-order valence-corrected chi connectivity index (χ2v) is 4.66. The van der Waals surface area contributed by atoms with Crippen LogP contribution < -0.4 is 11.3 Å². The molecule has 0 bridgehead atoms. The predicted octanol–water partition coefficient (Wildman–Crippen LogP) is -0.139. The highest BCUT2D eigenvalue weighted by atomic mass is 19.1. The van der Waals surface area contributed by atoms with Crippen LogP contribution in [0, 0.1) is 5.82 Å². The molecule has 1 aliphatic heterocycles. The SMILES string of the molecule is NNc1c(F)cccc1C(=O)N1CCN(CCO)CC1. The van der Waals surface area contributed by atoms with Gasteiger partial charge in [0.25, 0.3) is 5.91 Å². The maximum absolute atomic E-state index is 13.6. The zero-order valence-electron chi connectivity index (χ0n) is 11.2. The van der Waals surface area contributed by atoms with E-state index in [-0.39, 0.29) is 23.8 Å². The zero-order valence-corrected chi connectivity index (χ0v) is 11.2. The number of nitrogen functional groups attached to an aromatic ring is 1. The van der Waals surface area contributed by atoms with Crippen LogP contribution >= 0.6 is 0 Å². The minimum atomic E-state index is -0.544. The fraction of sp³-hybridized carbons (Fsp3) is 0.462. The first-order valence-corrected chi connectivity index (χ1v) is 6.55. The smallest absolute Gasteiger partial charge is 0.256 e. The van der Waals surface area contributed by atoms with Crippen LogP contribution in [0.1, 0.15) is 10.4 Å². The average molecular weight is 282 g/mol. The van der Waals surface area contributed by atoms with Gasteiger partial charge >= 0.3 is 0 Å². The molecular formula is C13H19FN4O2. The summed E-state index contributed by atoms with van der Waals surface area (Å²) < 4.78 is 13.6. The van der Waals surface area contributed by atoms with Crippen molar-refractivity contribution in [3.05, 3.63) is 29.6 Å². The Balaban J connectivity index is 2.08. The Morgan fingerprint density at radius 3 is 2.65 bits per heavy atom. The Morgan fingerprint density at radius 1 is 1.35 bits per heavy atom. The highest BCUT2D eigenvalue weighted by Gasteiger charge is 2.24. The number of nitrogens with zero attached hydrogens (tertiary/aromatic N) is 2. The minimum Gasteiger partial charge on any atom is -0.395 e. The van der Waals surface area contributed by atoms with E-state index >= 15 is 0 Å². The Kier molecular flexibility index (Phi) is 4.89. The summed E-state index contributed by atoms with van der Waals surface area (Å²) in [5.41, 5.74) is 2.51. The van der Waals surface area contributed by atoms with Crippen LogP contribution in [0.2, 0.25) is 0 Å². The monoisotopic (exact) mass is 282 g/mol. The number of para-hydroxylation sites is 1. The van der Waals surface area contributed by atoms with Gasteiger partial charge in [-0.15, -0.1) is 0 Å². The molecule has 2 rings (SSSR count). The van der Waals surface area contributed by atoms with Gasteiger partial charge in [0.15, 0.2) is 0 Å². The quantitative estimate of drug-likeness (QED) is 0.529. The topological polar surface area (TPSA) is 81.8 Å². The summed E-state index contributed by atoms with van der Waals surface area (Å²) in [5, 5.41) is 8.88. The maximum atomic E-state index is 13.6. The molecule has 1 saturated heterocycles. The number of hydrogen-bond acceptors (Lipinski definition) is 5. The fourth-order valence-corrected chi connectivity index (χ4v) is 2.34. The van der Waals surface area contributed by atoms with Crippen molar-refractivity contribution < 1.29 is 14.3 Å². The van der Waals surface area contributed by atoms with Gasteiger partial charge in [0.2, 0.25) is 0 Å². The van der Waals surface area contributed by atoms with Crippen LogP contribution in [0.5, 0.6) is 0 Å². The van der Waals surface area contributed by atoms with E-state index in [2.05, 4.69) is 10.3 Å². The molecular weight excluding hydrogens is 263 g/mol. The highest BCUT2D eigenvalue weighted by Crippen LogP contribution is 2.21. The minimum absolute atomic E-state index is 0.0234. The maximum Gasteiger partial charge on any atom is 0.256 e. The number of anilines is 1. The number of amides is 1. The number of aliphatic hydroxyl groups excluding tert-OH is 1. The Bertz CT molecular complexity index is 475. The third-order valence-electron chi connectivity index (χ3n) is 3.46. The van der Waals surface area contributed by atoms with Crippen molar-refractivity contribution in [2.45, 2.75) is 0 Å². The molecule has 0 aromatic heterocycles. The molecule has 6 nitrogen and oxygen atoms in total. The lowest BCUT2D eigenvalue weighted by atomic mass is 10.1. The Hall–Kier alpha value is -1.70. The molecule has 0 spiro atoms. The molecule has 1 heterocycles. The molecule has 0 unspecified atom stereocenters. The number of carbonyl (C=O) groups is 1. The van der Waals surface area contributed by atoms with Crippen LogP contribution in [0.15, 0.2) is 18.2 Å². The molecule has 1 aromatic carbocycles. The molecule has 0 aliphatic carbocycles. The number of rotatable bonds is 4. The first-order valence-electron chi connectivity index (χ1n) is 6.55. The van der Waals surface area contributed by atoms with Gasteiger partial charge in [0.05, 0.1) is 17.9 Å². The first kappa shape index (κ1) is 14.7. The van der Waals surface area contributed by atoms with Gasteiger partial charge in [-0.3, -0.25) is 15.5 Å². The van der Waals surface area contributed by atoms with Gasteiger partial charge in [-0.2, -0.15) is 0 Å². The van der Waals surface area contributed by atoms with E-state index in [1.807, 2.05) is 0 Å². The molecule has 1 aliphatic rings. The van der Waals surface area contributed by atoms with Gasteiger partial charge in [0.1, 0.15) is 5.82 Å². The van der Waals surface area contributed by atoms with Crippen molar-refractivity contribution in [3.8, 4) is 0 Å². The normalized spacial score (nSPS) is 16.2. The summed E-state index contributed by atoms with van der Waals surface area (Å²) >= 11 is 0. The van der Waals surface area contributed by atoms with Gasteiger partial charge < -0.3 is 15.4 Å². The van der Waals surface area contributed by atoms with E-state index in [4.69, 9.17) is 10.9 Å². The second kappa shape index (κ2) is 6.65. The number of β-amino-alcohol motifs (C(OH)–C–C–N with tert-alkyl or cyclic N) is 1. The molecule has 4 N–H and O–H groups in total. The second-order valence-electron chi connectivity index (χ2n) is 4.66. The van der Waals surface area contributed by atoms with E-state index in [0.717, 1.165) is 0 Å². The number of carbonyl (C=O) groups excluding carboxylic acids is 1. The van der Waals surface area contributed by atoms with Crippen molar-refractivity contribution in [2.75, 3.05) is 44.8 Å². The van der Waals surface area contributed by atoms with Crippen LogP contribution in [-0.4, -0.2) is 60.1 Å². The van der Waals surface area contributed by atoms with Crippen LogP contribution in [0.4, 0.5) is 10.1 Å². The summed E-state index contributed by atoms with van der Waals surface area (Å²) in [6, 6.07) is 4.30. The van der Waals surface area contributed by atoms with E-state index in [0.29, 0.717) is 32.7 Å². The van der Waals surface area contributed by atoms with Crippen LogP contribution in [0.25, 0.3) is 0 Å². The van der Waals surface area contributed by atoms with Crippen molar-refractivity contribution in [1.82, 2.24) is 9.80 Å². The molecule has 110 valence electrons. The Labute approximate surface area is 116 Å². The van der Waals surface area contributed by atoms with Gasteiger partial charge in [-0.25, -0.2) is 4.39 Å². The molecule has 1 fully saturated rings. The van der Waals surface area contributed by atoms with E-state index in [9.17, 15) is 9.18 Å². The lowest BCUT2D eigenvalue weighted by Crippen LogP contribution is -2.49. The molecule has 7 heteroatoms. The largest absolute Gasteiger partial charge is 0.395 e. The Morgan fingerprint density at radius 2 is 2.05 bits per heavy atom. The number of hydrogen-bond donors (Lipinski definition) is 3. The van der Waals surface area contributed by atoms with Gasteiger partial charge in [-0.1, -0.05) is 6.07 Å². The molecule has 1 amide bonds. The standard InChI is InChI=1S/C13H19FN4O2/c14-11-3-1-2-10(12(11)16-15)13(20)18-6-4-17(5-7-18)8-9-19/h1-3,16,19H,4-9,15H2. The summed E-state index contributed by atoms with van der Waals surface area (Å²) in [5.74, 6) is 4.50. The average Bonchev–Trinajstić information content (AvgIpc) is 2.47. The number of benzene rings is 1. The van der Waals surface area contributed by atoms with Crippen LogP contribution in [0.3, 0.4) is 0 Å². The molecule has 0 saturated carbocycles. The molecule has 0 radical (unpaired) electrons. The summed E-state index contributed by atoms with van der Waals surface area (Å²) in [7, 11) is 0. The van der Waals surface area contributed by atoms with Crippen molar-refractivity contribution in [3.63, 3.8) is 0 Å². The number of piperazine rings is 1. The number of halogens is 1. The van der Waals surface area contributed by atoms with Gasteiger partial charge in [-0.05, 0) is 12.1 Å². The van der Waals surface area contributed by atoms with Crippen molar-refractivity contribution >= 4 is 11.6 Å². The van der Waals surface area contributed by atoms with Gasteiger partial charge in [0, 0.05) is 32.7 Å². The summed E-state index contributed by atoms with van der Waals surface area (Å²) in [6.45, 7) is 3.23. The molecule has 20 heavy (non-hydrogen) atoms. The summed E-state index contributed by atoms with van der Waals surface area (Å²) in [6.07, 6.45) is 0. The van der Waals surface area contributed by atoms with Crippen LogP contribution in [-0.2, 0) is 0 Å². The van der Waals surface area contributed by atoms with Crippen molar-refractivity contribution in [2.24, 2.45) is 5.84 Å². The van der Waals surface area contributed by atoms with E-state index in [1.54, 1.807) is 11.0 Å². The number of hydrazine groups is 1. The van der Waals surface area contributed by atoms with E-state index in [1.165, 1.54) is 12.1 Å². The fourth-order valence-electron chi connectivity index (χ4n) is 2.34. The lowest BCUT2D eigenvalue weighted by molar-refractivity contribution is 0.0615. The van der Waals surface area contributed by atoms with E-state index < -0.39 is 5.82 Å². The summed E-state index contributed by atoms with van der Waals surface area (Å²) in [4.78, 5) is 16.1. The zero-order chi connectivity index (χ0) is 14.5. The first-order chi connectivity index (χ1) is 9.67. The third-order valence-corrected chi connectivity index (χ3v) is 3.46. The third kappa shape index (κ3) is 3.06. The molecule has 1 aromatic rings.